The van der Waals surface area contributed by atoms with Gasteiger partial charge in [-0.1, -0.05) is 30.3 Å². The molecule has 1 saturated heterocycles. The number of ether oxygens (including phenoxy) is 1. The van der Waals surface area contributed by atoms with Gasteiger partial charge in [-0.3, -0.25) is 9.59 Å². The fourth-order valence-electron chi connectivity index (χ4n) is 3.47. The summed E-state index contributed by atoms with van der Waals surface area (Å²) in [7, 11) is 0. The van der Waals surface area contributed by atoms with Crippen LogP contribution >= 0.6 is 0 Å². The summed E-state index contributed by atoms with van der Waals surface area (Å²) in [5.74, 6) is 0.332. The first-order valence-corrected chi connectivity index (χ1v) is 9.91. The Morgan fingerprint density at radius 2 is 1.70 bits per heavy atom. The third-order valence-electron chi connectivity index (χ3n) is 4.91. The Balaban J connectivity index is 1.50. The van der Waals surface area contributed by atoms with Crippen LogP contribution in [0, 0.1) is 0 Å². The molecule has 1 unspecified atom stereocenters. The highest BCUT2D eigenvalue weighted by Gasteiger charge is 2.32. The summed E-state index contributed by atoms with van der Waals surface area (Å²) in [6.45, 7) is 0.579. The Bertz CT molecular complexity index is 994. The van der Waals surface area contributed by atoms with Gasteiger partial charge in [-0.05, 0) is 48.7 Å². The highest BCUT2D eigenvalue weighted by molar-refractivity contribution is 5.98. The first-order chi connectivity index (χ1) is 14.7. The van der Waals surface area contributed by atoms with Crippen molar-refractivity contribution in [3.63, 3.8) is 0 Å². The van der Waals surface area contributed by atoms with Crippen molar-refractivity contribution in [2.45, 2.75) is 25.3 Å². The number of likely N-dealkylation sites (tertiary alicyclic amines) is 1. The number of carbonyl (C=O) groups is 2. The molecular formula is C23H22N4O3. The van der Waals surface area contributed by atoms with Gasteiger partial charge in [-0.2, -0.15) is 0 Å². The molecule has 3 aromatic rings. The van der Waals surface area contributed by atoms with E-state index in [-0.39, 0.29) is 17.8 Å². The highest BCUT2D eigenvalue weighted by Crippen LogP contribution is 2.27. The van der Waals surface area contributed by atoms with E-state index in [2.05, 4.69) is 15.3 Å². The van der Waals surface area contributed by atoms with E-state index in [9.17, 15) is 9.59 Å². The molecule has 0 saturated carbocycles. The number of carbonyl (C=O) groups excluding carboxylic acids is 2. The van der Waals surface area contributed by atoms with Crippen molar-refractivity contribution in [1.82, 2.24) is 14.9 Å². The summed E-state index contributed by atoms with van der Waals surface area (Å²) in [4.78, 5) is 35.4. The van der Waals surface area contributed by atoms with E-state index in [1.807, 2.05) is 30.3 Å². The zero-order valence-electron chi connectivity index (χ0n) is 16.4. The van der Waals surface area contributed by atoms with Gasteiger partial charge in [0.1, 0.15) is 11.8 Å². The average Bonchev–Trinajstić information content (AvgIpc) is 2.78. The van der Waals surface area contributed by atoms with Crippen LogP contribution in [0.2, 0.25) is 0 Å². The number of hydrogen-bond donors (Lipinski definition) is 1. The fraction of sp³-hybridized carbons (Fsp3) is 0.217. The molecule has 1 aliphatic heterocycles. The molecule has 1 atom stereocenters. The molecule has 4 rings (SSSR count). The van der Waals surface area contributed by atoms with Crippen LogP contribution in [0.25, 0.3) is 0 Å². The minimum atomic E-state index is -0.660. The van der Waals surface area contributed by atoms with E-state index in [4.69, 9.17) is 4.74 Å². The van der Waals surface area contributed by atoms with Crippen molar-refractivity contribution in [2.75, 3.05) is 11.9 Å². The van der Waals surface area contributed by atoms with Gasteiger partial charge in [0.05, 0.1) is 0 Å². The van der Waals surface area contributed by atoms with Crippen LogP contribution < -0.4 is 10.1 Å². The normalized spacial score (nSPS) is 14.8. The Kier molecular flexibility index (Phi) is 5.98. The second-order valence-electron chi connectivity index (χ2n) is 7.00. The number of amides is 2. The molecule has 1 aromatic heterocycles. The third-order valence-corrected chi connectivity index (χ3v) is 4.91. The number of benzene rings is 2. The first-order valence-electron chi connectivity index (χ1n) is 9.91. The van der Waals surface area contributed by atoms with Crippen molar-refractivity contribution in [3.8, 4) is 11.8 Å². The second kappa shape index (κ2) is 9.17. The van der Waals surface area contributed by atoms with Gasteiger partial charge in [-0.25, -0.2) is 9.97 Å². The van der Waals surface area contributed by atoms with E-state index in [1.165, 1.54) is 0 Å². The Labute approximate surface area is 174 Å². The maximum absolute atomic E-state index is 13.2. The van der Waals surface area contributed by atoms with E-state index < -0.39 is 6.04 Å². The lowest BCUT2D eigenvalue weighted by atomic mass is 10.0. The summed E-state index contributed by atoms with van der Waals surface area (Å²) >= 11 is 0. The number of piperidine rings is 1. The fourth-order valence-corrected chi connectivity index (χ4v) is 3.47. The third kappa shape index (κ3) is 4.63. The number of anilines is 1. The minimum absolute atomic E-state index is 0.0110. The van der Waals surface area contributed by atoms with Crippen LogP contribution in [0.3, 0.4) is 0 Å². The summed E-state index contributed by atoms with van der Waals surface area (Å²) < 4.78 is 5.58. The maximum Gasteiger partial charge on any atom is 0.321 e. The second-order valence-corrected chi connectivity index (χ2v) is 7.00. The average molecular weight is 402 g/mol. The molecule has 152 valence electrons. The van der Waals surface area contributed by atoms with Crippen molar-refractivity contribution in [1.29, 1.82) is 0 Å². The zero-order valence-corrected chi connectivity index (χ0v) is 16.4. The molecule has 1 fully saturated rings. The van der Waals surface area contributed by atoms with Gasteiger partial charge in [0.15, 0.2) is 0 Å². The van der Waals surface area contributed by atoms with Gasteiger partial charge in [0.25, 0.3) is 5.91 Å². The maximum atomic E-state index is 13.2. The summed E-state index contributed by atoms with van der Waals surface area (Å²) in [5.41, 5.74) is 1.41. The highest BCUT2D eigenvalue weighted by atomic mass is 16.5. The Morgan fingerprint density at radius 3 is 2.40 bits per heavy atom. The molecule has 0 aliphatic carbocycles. The van der Waals surface area contributed by atoms with Crippen molar-refractivity contribution >= 4 is 17.5 Å². The smallest absolute Gasteiger partial charge is 0.321 e. The van der Waals surface area contributed by atoms with Crippen LogP contribution in [0.4, 0.5) is 5.69 Å². The van der Waals surface area contributed by atoms with Crippen LogP contribution in [0.1, 0.15) is 30.9 Å². The molecular weight excluding hydrogens is 380 g/mol. The van der Waals surface area contributed by atoms with Crippen molar-refractivity contribution < 1.29 is 14.3 Å². The van der Waals surface area contributed by atoms with Gasteiger partial charge in [0, 0.05) is 31.0 Å². The van der Waals surface area contributed by atoms with Crippen LogP contribution in [-0.2, 0) is 9.59 Å². The molecule has 30 heavy (non-hydrogen) atoms. The molecule has 7 nitrogen and oxygen atoms in total. The van der Waals surface area contributed by atoms with Crippen LogP contribution in [-0.4, -0.2) is 33.2 Å². The molecule has 0 radical (unpaired) electrons. The largest absolute Gasteiger partial charge is 0.424 e. The molecule has 2 heterocycles. The molecule has 1 N–H and O–H groups in total. The number of nitrogens with one attached hydrogen (secondary N) is 1. The number of rotatable bonds is 6. The predicted molar refractivity (Wildman–Crippen MR) is 112 cm³/mol. The van der Waals surface area contributed by atoms with Gasteiger partial charge in [0.2, 0.25) is 5.91 Å². The van der Waals surface area contributed by atoms with E-state index >= 15 is 0 Å². The number of hydrogen-bond acceptors (Lipinski definition) is 5. The molecule has 1 aliphatic rings. The van der Waals surface area contributed by atoms with Gasteiger partial charge < -0.3 is 15.0 Å². The summed E-state index contributed by atoms with van der Waals surface area (Å²) in [6, 6.07) is 17.7. The SMILES string of the molecule is O=C(Nc1ccc(Oc2ncccn2)cc1)C(c1ccccc1)N1CCCCC1=O. The summed E-state index contributed by atoms with van der Waals surface area (Å²) in [5, 5.41) is 2.93. The molecule has 0 bridgehead atoms. The zero-order chi connectivity index (χ0) is 20.8. The monoisotopic (exact) mass is 402 g/mol. The lowest BCUT2D eigenvalue weighted by Crippen LogP contribution is -2.43. The standard InChI is InChI=1S/C23H22N4O3/c28-20-9-4-5-16-27(20)21(17-7-2-1-3-8-17)22(29)26-18-10-12-19(13-11-18)30-23-24-14-6-15-25-23/h1-3,6-8,10-15,21H,4-5,9,16H2,(H,26,29). The van der Waals surface area contributed by atoms with Crippen molar-refractivity contribution in [2.24, 2.45) is 0 Å². The Morgan fingerprint density at radius 1 is 0.967 bits per heavy atom. The van der Waals surface area contributed by atoms with E-state index in [1.54, 1.807) is 47.6 Å². The first kappa shape index (κ1) is 19.6. The molecule has 0 spiro atoms. The van der Waals surface area contributed by atoms with E-state index in [0.717, 1.165) is 18.4 Å². The topological polar surface area (TPSA) is 84.4 Å². The number of aromatic nitrogens is 2. The van der Waals surface area contributed by atoms with Crippen LogP contribution in [0.5, 0.6) is 11.8 Å². The van der Waals surface area contributed by atoms with Gasteiger partial charge >= 0.3 is 6.01 Å². The minimum Gasteiger partial charge on any atom is -0.424 e. The predicted octanol–water partition coefficient (Wildman–Crippen LogP) is 3.96. The van der Waals surface area contributed by atoms with E-state index in [0.29, 0.717) is 24.4 Å². The van der Waals surface area contributed by atoms with Crippen LogP contribution in [0.15, 0.2) is 73.1 Å². The molecule has 7 heteroatoms. The van der Waals surface area contributed by atoms with Crippen molar-refractivity contribution in [3.05, 3.63) is 78.6 Å². The molecule has 2 aromatic carbocycles. The lowest BCUT2D eigenvalue weighted by Gasteiger charge is -2.34. The lowest BCUT2D eigenvalue weighted by molar-refractivity contribution is -0.141. The Hall–Kier alpha value is -3.74. The quantitative estimate of drug-likeness (QED) is 0.675. The summed E-state index contributed by atoms with van der Waals surface area (Å²) in [6.07, 6.45) is 5.44. The number of nitrogens with zero attached hydrogens (tertiary/aromatic N) is 3. The van der Waals surface area contributed by atoms with Gasteiger partial charge in [-0.15, -0.1) is 0 Å². The molecule has 2 amide bonds.